The number of fused-ring (bicyclic) bond motifs is 1. The van der Waals surface area contributed by atoms with Gasteiger partial charge in [0.1, 0.15) is 0 Å². The zero-order valence-corrected chi connectivity index (χ0v) is 8.66. The van der Waals surface area contributed by atoms with Crippen molar-refractivity contribution in [2.24, 2.45) is 11.8 Å². The van der Waals surface area contributed by atoms with Crippen LogP contribution in [0.1, 0.15) is 33.1 Å². The third-order valence-corrected chi connectivity index (χ3v) is 3.36. The highest BCUT2D eigenvalue weighted by molar-refractivity contribution is 4.90. The zero-order valence-electron chi connectivity index (χ0n) is 8.66. The molecule has 2 heteroatoms. The van der Waals surface area contributed by atoms with Gasteiger partial charge in [-0.3, -0.25) is 0 Å². The summed E-state index contributed by atoms with van der Waals surface area (Å²) < 4.78 is 11.6. The summed E-state index contributed by atoms with van der Waals surface area (Å²) in [6, 6.07) is 0. The van der Waals surface area contributed by atoms with Gasteiger partial charge in [-0.25, -0.2) is 0 Å². The van der Waals surface area contributed by atoms with Crippen LogP contribution >= 0.6 is 0 Å². The van der Waals surface area contributed by atoms with E-state index in [0.717, 1.165) is 19.1 Å². The Labute approximate surface area is 80.6 Å². The molecule has 2 aliphatic rings. The van der Waals surface area contributed by atoms with Gasteiger partial charge in [0.05, 0.1) is 18.8 Å². The minimum Gasteiger partial charge on any atom is -0.375 e. The van der Waals surface area contributed by atoms with Crippen molar-refractivity contribution in [1.82, 2.24) is 0 Å². The van der Waals surface area contributed by atoms with E-state index in [1.165, 1.54) is 19.3 Å². The maximum Gasteiger partial charge on any atom is 0.0886 e. The van der Waals surface area contributed by atoms with Crippen LogP contribution in [0.2, 0.25) is 0 Å². The van der Waals surface area contributed by atoms with Gasteiger partial charge in [-0.1, -0.05) is 20.3 Å². The van der Waals surface area contributed by atoms with Gasteiger partial charge in [0.25, 0.3) is 0 Å². The summed E-state index contributed by atoms with van der Waals surface area (Å²) in [5.41, 5.74) is 0. The molecule has 0 aromatic rings. The van der Waals surface area contributed by atoms with E-state index in [9.17, 15) is 0 Å². The second-order valence-corrected chi connectivity index (χ2v) is 4.45. The highest BCUT2D eigenvalue weighted by atomic mass is 16.6. The van der Waals surface area contributed by atoms with E-state index in [-0.39, 0.29) is 0 Å². The van der Waals surface area contributed by atoms with Gasteiger partial charge in [0.2, 0.25) is 0 Å². The first-order valence-electron chi connectivity index (χ1n) is 5.56. The SMILES string of the molecule is CCCC1CCOC2C(C)COC12. The first-order valence-corrected chi connectivity index (χ1v) is 5.56. The summed E-state index contributed by atoms with van der Waals surface area (Å²) in [6.07, 6.45) is 4.57. The molecule has 2 nitrogen and oxygen atoms in total. The summed E-state index contributed by atoms with van der Waals surface area (Å²) in [5.74, 6) is 1.36. The number of ether oxygens (including phenoxy) is 2. The van der Waals surface area contributed by atoms with Gasteiger partial charge in [0.15, 0.2) is 0 Å². The summed E-state index contributed by atoms with van der Waals surface area (Å²) >= 11 is 0. The lowest BCUT2D eigenvalue weighted by molar-refractivity contribution is -0.0883. The minimum atomic E-state index is 0.394. The fraction of sp³-hybridized carbons (Fsp3) is 1.00. The van der Waals surface area contributed by atoms with Crippen molar-refractivity contribution < 1.29 is 9.47 Å². The predicted molar refractivity (Wildman–Crippen MR) is 51.7 cm³/mol. The van der Waals surface area contributed by atoms with Gasteiger partial charge in [-0.2, -0.15) is 0 Å². The Kier molecular flexibility index (Phi) is 2.89. The summed E-state index contributed by atoms with van der Waals surface area (Å²) in [7, 11) is 0. The summed E-state index contributed by atoms with van der Waals surface area (Å²) in [6.45, 7) is 6.33. The molecule has 0 radical (unpaired) electrons. The molecule has 0 N–H and O–H groups in total. The Morgan fingerprint density at radius 2 is 2.08 bits per heavy atom. The Balaban J connectivity index is 1.98. The lowest BCUT2D eigenvalue weighted by Crippen LogP contribution is -2.40. The van der Waals surface area contributed by atoms with Gasteiger partial charge >= 0.3 is 0 Å². The molecule has 4 atom stereocenters. The third-order valence-electron chi connectivity index (χ3n) is 3.36. The molecular weight excluding hydrogens is 164 g/mol. The highest BCUT2D eigenvalue weighted by Crippen LogP contribution is 2.35. The van der Waals surface area contributed by atoms with Crippen LogP contribution in [0.25, 0.3) is 0 Å². The molecule has 0 aliphatic carbocycles. The van der Waals surface area contributed by atoms with Crippen LogP contribution in [-0.2, 0) is 9.47 Å². The normalized spacial score (nSPS) is 44.8. The number of rotatable bonds is 2. The molecule has 0 aromatic carbocycles. The maximum atomic E-state index is 5.81. The Morgan fingerprint density at radius 1 is 1.23 bits per heavy atom. The first kappa shape index (κ1) is 9.47. The van der Waals surface area contributed by atoms with Crippen molar-refractivity contribution in [3.63, 3.8) is 0 Å². The van der Waals surface area contributed by atoms with Gasteiger partial charge in [0, 0.05) is 12.5 Å². The van der Waals surface area contributed by atoms with Crippen LogP contribution < -0.4 is 0 Å². The third kappa shape index (κ3) is 1.75. The molecule has 2 heterocycles. The molecule has 0 saturated carbocycles. The molecule has 4 unspecified atom stereocenters. The van der Waals surface area contributed by atoms with Crippen molar-refractivity contribution in [1.29, 1.82) is 0 Å². The van der Waals surface area contributed by atoms with Gasteiger partial charge in [-0.15, -0.1) is 0 Å². The second kappa shape index (κ2) is 3.97. The Bertz CT molecular complexity index is 167. The van der Waals surface area contributed by atoms with Crippen LogP contribution in [-0.4, -0.2) is 25.4 Å². The van der Waals surface area contributed by atoms with Crippen LogP contribution in [0.5, 0.6) is 0 Å². The van der Waals surface area contributed by atoms with E-state index >= 15 is 0 Å². The molecule has 0 spiro atoms. The fourth-order valence-electron chi connectivity index (χ4n) is 2.64. The number of hydrogen-bond acceptors (Lipinski definition) is 2. The Hall–Kier alpha value is -0.0800. The topological polar surface area (TPSA) is 18.5 Å². The van der Waals surface area contributed by atoms with Crippen LogP contribution in [0, 0.1) is 11.8 Å². The maximum absolute atomic E-state index is 5.81. The van der Waals surface area contributed by atoms with Crippen LogP contribution in [0.3, 0.4) is 0 Å². The van der Waals surface area contributed by atoms with Crippen molar-refractivity contribution in [2.45, 2.75) is 45.3 Å². The van der Waals surface area contributed by atoms with Crippen molar-refractivity contribution >= 4 is 0 Å². The summed E-state index contributed by atoms with van der Waals surface area (Å²) in [4.78, 5) is 0. The van der Waals surface area contributed by atoms with Crippen molar-refractivity contribution in [2.75, 3.05) is 13.2 Å². The highest BCUT2D eigenvalue weighted by Gasteiger charge is 2.42. The van der Waals surface area contributed by atoms with Gasteiger partial charge < -0.3 is 9.47 Å². The van der Waals surface area contributed by atoms with E-state index in [4.69, 9.17) is 9.47 Å². The molecular formula is C11H20O2. The molecule has 0 bridgehead atoms. The zero-order chi connectivity index (χ0) is 9.26. The largest absolute Gasteiger partial charge is 0.375 e. The van der Waals surface area contributed by atoms with Gasteiger partial charge in [-0.05, 0) is 18.8 Å². The lowest BCUT2D eigenvalue weighted by atomic mass is 9.86. The lowest BCUT2D eigenvalue weighted by Gasteiger charge is -2.33. The van der Waals surface area contributed by atoms with E-state index < -0.39 is 0 Å². The van der Waals surface area contributed by atoms with E-state index in [1.807, 2.05) is 0 Å². The first-order chi connectivity index (χ1) is 6.33. The smallest absolute Gasteiger partial charge is 0.0886 e. The average molecular weight is 184 g/mol. The molecule has 0 amide bonds. The average Bonchev–Trinajstić information content (AvgIpc) is 2.50. The molecule has 13 heavy (non-hydrogen) atoms. The fourth-order valence-corrected chi connectivity index (χ4v) is 2.64. The number of hydrogen-bond donors (Lipinski definition) is 0. The minimum absolute atomic E-state index is 0.394. The molecule has 2 rings (SSSR count). The quantitative estimate of drug-likeness (QED) is 0.655. The van der Waals surface area contributed by atoms with Crippen molar-refractivity contribution in [3.05, 3.63) is 0 Å². The van der Waals surface area contributed by atoms with Crippen LogP contribution in [0.4, 0.5) is 0 Å². The molecule has 2 saturated heterocycles. The van der Waals surface area contributed by atoms with Crippen molar-refractivity contribution in [3.8, 4) is 0 Å². The molecule has 0 aromatic heterocycles. The summed E-state index contributed by atoms with van der Waals surface area (Å²) in [5, 5.41) is 0. The monoisotopic (exact) mass is 184 g/mol. The standard InChI is InChI=1S/C11H20O2/c1-3-4-9-5-6-12-10-8(2)7-13-11(9)10/h8-11H,3-7H2,1-2H3. The van der Waals surface area contributed by atoms with E-state index in [2.05, 4.69) is 13.8 Å². The molecule has 76 valence electrons. The Morgan fingerprint density at radius 3 is 2.85 bits per heavy atom. The van der Waals surface area contributed by atoms with E-state index in [1.54, 1.807) is 0 Å². The second-order valence-electron chi connectivity index (χ2n) is 4.45. The predicted octanol–water partition coefficient (Wildman–Crippen LogP) is 2.23. The molecule has 2 aliphatic heterocycles. The molecule has 2 fully saturated rings. The van der Waals surface area contributed by atoms with E-state index in [0.29, 0.717) is 18.1 Å². The van der Waals surface area contributed by atoms with Crippen LogP contribution in [0.15, 0.2) is 0 Å².